The van der Waals surface area contributed by atoms with E-state index in [1.54, 1.807) is 24.3 Å². The SMILES string of the molecule is COc1cc2[nH]c(=O)c(C(=O)Nc3cc(C(=O)NC(CCN)c4cccc(C)c4)ccc3C)cc2cn1. The molecule has 0 saturated carbocycles. The summed E-state index contributed by atoms with van der Waals surface area (Å²) in [5.41, 5.74) is 9.29. The zero-order valence-electron chi connectivity index (χ0n) is 20.9. The van der Waals surface area contributed by atoms with Gasteiger partial charge in [-0.25, -0.2) is 4.98 Å². The summed E-state index contributed by atoms with van der Waals surface area (Å²) >= 11 is 0. The van der Waals surface area contributed by atoms with Crippen molar-refractivity contribution in [3.05, 3.63) is 99.0 Å². The molecular weight excluding hydrogens is 470 g/mol. The summed E-state index contributed by atoms with van der Waals surface area (Å²) in [6.45, 7) is 4.21. The van der Waals surface area contributed by atoms with Crippen molar-refractivity contribution in [1.82, 2.24) is 15.3 Å². The van der Waals surface area contributed by atoms with Crippen LogP contribution in [0.2, 0.25) is 0 Å². The van der Waals surface area contributed by atoms with E-state index in [1.807, 2.05) is 38.1 Å². The van der Waals surface area contributed by atoms with Crippen LogP contribution in [0, 0.1) is 13.8 Å². The zero-order valence-corrected chi connectivity index (χ0v) is 20.9. The zero-order chi connectivity index (χ0) is 26.5. The number of aryl methyl sites for hydroxylation is 2. The Morgan fingerprint density at radius 3 is 2.62 bits per heavy atom. The van der Waals surface area contributed by atoms with Crippen LogP contribution >= 0.6 is 0 Å². The Morgan fingerprint density at radius 1 is 1.08 bits per heavy atom. The fourth-order valence-corrected chi connectivity index (χ4v) is 4.07. The third-order valence-corrected chi connectivity index (χ3v) is 6.11. The molecule has 2 amide bonds. The van der Waals surface area contributed by atoms with Crippen LogP contribution in [-0.2, 0) is 0 Å². The smallest absolute Gasteiger partial charge is 0.261 e. The Hall–Kier alpha value is -4.50. The van der Waals surface area contributed by atoms with Gasteiger partial charge in [0, 0.05) is 28.9 Å². The van der Waals surface area contributed by atoms with Crippen molar-refractivity contribution in [3.63, 3.8) is 0 Å². The van der Waals surface area contributed by atoms with Gasteiger partial charge in [-0.3, -0.25) is 14.4 Å². The number of carbonyl (C=O) groups excluding carboxylic acids is 2. The standard InChI is InChI=1S/C28H29N5O4/c1-16-5-4-6-18(11-16)22(9-10-29)31-26(34)19-8-7-17(2)23(13-19)32-27(35)21-12-20-15-30-25(37-3)14-24(20)33-28(21)36/h4-8,11-15,22H,9-10,29H2,1-3H3,(H,31,34)(H,32,35)(H,33,36). The van der Waals surface area contributed by atoms with Crippen molar-refractivity contribution in [1.29, 1.82) is 0 Å². The van der Waals surface area contributed by atoms with Crippen molar-refractivity contribution >= 4 is 28.4 Å². The fraction of sp³-hybridized carbons (Fsp3) is 0.214. The Kier molecular flexibility index (Phi) is 7.64. The van der Waals surface area contributed by atoms with Crippen LogP contribution in [0.3, 0.4) is 0 Å². The van der Waals surface area contributed by atoms with E-state index in [2.05, 4.69) is 20.6 Å². The van der Waals surface area contributed by atoms with E-state index in [1.165, 1.54) is 19.4 Å². The van der Waals surface area contributed by atoms with Gasteiger partial charge in [0.15, 0.2) is 0 Å². The van der Waals surface area contributed by atoms with E-state index in [-0.39, 0.29) is 17.5 Å². The van der Waals surface area contributed by atoms with Crippen LogP contribution in [-0.4, -0.2) is 35.4 Å². The molecule has 5 N–H and O–H groups in total. The molecule has 0 saturated heterocycles. The summed E-state index contributed by atoms with van der Waals surface area (Å²) in [6, 6.07) is 15.8. The number of methoxy groups -OCH3 is 1. The average Bonchev–Trinajstić information content (AvgIpc) is 2.88. The number of fused-ring (bicyclic) bond motifs is 1. The highest BCUT2D eigenvalue weighted by Crippen LogP contribution is 2.22. The molecule has 9 nitrogen and oxygen atoms in total. The second-order valence-corrected chi connectivity index (χ2v) is 8.83. The monoisotopic (exact) mass is 499 g/mol. The fourth-order valence-electron chi connectivity index (χ4n) is 4.07. The summed E-state index contributed by atoms with van der Waals surface area (Å²) in [7, 11) is 1.48. The van der Waals surface area contributed by atoms with Crippen LogP contribution in [0.5, 0.6) is 5.88 Å². The lowest BCUT2D eigenvalue weighted by Crippen LogP contribution is -2.30. The largest absolute Gasteiger partial charge is 0.481 e. The molecular formula is C28H29N5O4. The number of amides is 2. The van der Waals surface area contributed by atoms with Gasteiger partial charge in [-0.05, 0) is 56.1 Å². The van der Waals surface area contributed by atoms with Gasteiger partial charge in [0.2, 0.25) is 5.88 Å². The van der Waals surface area contributed by atoms with Gasteiger partial charge in [0.1, 0.15) is 5.56 Å². The van der Waals surface area contributed by atoms with Gasteiger partial charge in [0.25, 0.3) is 17.4 Å². The number of rotatable bonds is 8. The Labute approximate surface area is 214 Å². The van der Waals surface area contributed by atoms with Crippen LogP contribution in [0.1, 0.15) is 49.9 Å². The molecule has 0 fully saturated rings. The Morgan fingerprint density at radius 2 is 1.89 bits per heavy atom. The van der Waals surface area contributed by atoms with Gasteiger partial charge < -0.3 is 26.1 Å². The number of nitrogens with one attached hydrogen (secondary N) is 3. The first-order valence-corrected chi connectivity index (χ1v) is 11.9. The van der Waals surface area contributed by atoms with E-state index in [9.17, 15) is 14.4 Å². The number of aromatic nitrogens is 2. The number of ether oxygens (including phenoxy) is 1. The Balaban J connectivity index is 1.56. The van der Waals surface area contributed by atoms with Gasteiger partial charge in [-0.15, -0.1) is 0 Å². The number of benzene rings is 2. The van der Waals surface area contributed by atoms with E-state index in [4.69, 9.17) is 10.5 Å². The first-order chi connectivity index (χ1) is 17.8. The lowest BCUT2D eigenvalue weighted by molar-refractivity contribution is 0.0934. The summed E-state index contributed by atoms with van der Waals surface area (Å²) < 4.78 is 5.08. The number of nitrogens with zero attached hydrogens (tertiary/aromatic N) is 1. The number of carbonyl (C=O) groups is 2. The first kappa shape index (κ1) is 25.6. The molecule has 0 bridgehead atoms. The van der Waals surface area contributed by atoms with E-state index < -0.39 is 11.5 Å². The average molecular weight is 500 g/mol. The predicted octanol–water partition coefficient (Wildman–Crippen LogP) is 3.62. The lowest BCUT2D eigenvalue weighted by Gasteiger charge is -2.19. The maximum atomic E-state index is 13.1. The number of H-pyrrole nitrogens is 1. The number of nitrogens with two attached hydrogens (primary N) is 1. The second kappa shape index (κ2) is 11.0. The maximum Gasteiger partial charge on any atom is 0.261 e. The predicted molar refractivity (Wildman–Crippen MR) is 143 cm³/mol. The summed E-state index contributed by atoms with van der Waals surface area (Å²) in [5.74, 6) is -0.540. The maximum absolute atomic E-state index is 13.1. The number of anilines is 1. The minimum absolute atomic E-state index is 0.0730. The molecule has 37 heavy (non-hydrogen) atoms. The molecule has 4 aromatic rings. The normalized spacial score (nSPS) is 11.7. The quantitative estimate of drug-likeness (QED) is 0.292. The molecule has 2 aromatic heterocycles. The minimum Gasteiger partial charge on any atom is -0.481 e. The van der Waals surface area contributed by atoms with Gasteiger partial charge in [-0.1, -0.05) is 35.9 Å². The van der Waals surface area contributed by atoms with Gasteiger partial charge >= 0.3 is 0 Å². The highest BCUT2D eigenvalue weighted by Gasteiger charge is 2.18. The van der Waals surface area contributed by atoms with E-state index >= 15 is 0 Å². The van der Waals surface area contributed by atoms with Crippen LogP contribution in [0.4, 0.5) is 5.69 Å². The van der Waals surface area contributed by atoms with Crippen molar-refractivity contribution in [3.8, 4) is 5.88 Å². The van der Waals surface area contributed by atoms with Crippen molar-refractivity contribution < 1.29 is 14.3 Å². The summed E-state index contributed by atoms with van der Waals surface area (Å²) in [6.07, 6.45) is 2.10. The van der Waals surface area contributed by atoms with E-state index in [0.717, 1.165) is 16.7 Å². The molecule has 0 aliphatic rings. The summed E-state index contributed by atoms with van der Waals surface area (Å²) in [4.78, 5) is 45.6. The third kappa shape index (κ3) is 5.84. The Bertz CT molecular complexity index is 1530. The molecule has 0 aliphatic heterocycles. The molecule has 0 spiro atoms. The molecule has 4 rings (SSSR count). The second-order valence-electron chi connectivity index (χ2n) is 8.83. The van der Waals surface area contributed by atoms with Crippen molar-refractivity contribution in [2.75, 3.05) is 19.0 Å². The van der Waals surface area contributed by atoms with Gasteiger partial charge in [-0.2, -0.15) is 0 Å². The highest BCUT2D eigenvalue weighted by atomic mass is 16.5. The van der Waals surface area contributed by atoms with Crippen LogP contribution in [0.15, 0.2) is 65.6 Å². The molecule has 1 unspecified atom stereocenters. The first-order valence-electron chi connectivity index (χ1n) is 11.9. The molecule has 1 atom stereocenters. The molecule has 2 heterocycles. The van der Waals surface area contributed by atoms with Crippen LogP contribution < -0.4 is 26.7 Å². The molecule has 0 aliphatic carbocycles. The van der Waals surface area contributed by atoms with Crippen LogP contribution in [0.25, 0.3) is 10.9 Å². The number of hydrogen-bond donors (Lipinski definition) is 4. The molecule has 9 heteroatoms. The summed E-state index contributed by atoms with van der Waals surface area (Å²) in [5, 5.41) is 6.39. The number of pyridine rings is 2. The van der Waals surface area contributed by atoms with Crippen molar-refractivity contribution in [2.24, 2.45) is 5.73 Å². The molecule has 0 radical (unpaired) electrons. The lowest BCUT2D eigenvalue weighted by atomic mass is 10.0. The van der Waals surface area contributed by atoms with Gasteiger partial charge in [0.05, 0.1) is 18.7 Å². The molecule has 2 aromatic carbocycles. The number of hydrogen-bond acceptors (Lipinski definition) is 6. The van der Waals surface area contributed by atoms with E-state index in [0.29, 0.717) is 41.0 Å². The third-order valence-electron chi connectivity index (χ3n) is 6.11. The minimum atomic E-state index is -0.597. The molecule has 190 valence electrons. The highest BCUT2D eigenvalue weighted by molar-refractivity contribution is 6.06. The van der Waals surface area contributed by atoms with Crippen molar-refractivity contribution in [2.45, 2.75) is 26.3 Å². The number of aromatic amines is 1. The topological polar surface area (TPSA) is 139 Å².